The molecule has 0 unspecified atom stereocenters. The second-order valence-corrected chi connectivity index (χ2v) is 6.96. The molecular weight excluding hydrogens is 364 g/mol. The smallest absolute Gasteiger partial charge is 0.226 e. The lowest BCUT2D eigenvalue weighted by Gasteiger charge is -2.07. The molecule has 1 aromatic heterocycles. The van der Waals surface area contributed by atoms with Crippen LogP contribution in [0.2, 0.25) is 5.02 Å². The lowest BCUT2D eigenvalue weighted by atomic mass is 10.0. The van der Waals surface area contributed by atoms with E-state index in [9.17, 15) is 9.59 Å². The molecule has 1 heterocycles. The van der Waals surface area contributed by atoms with Crippen molar-refractivity contribution in [2.75, 3.05) is 11.9 Å². The highest BCUT2D eigenvalue weighted by Gasteiger charge is 2.12. The molecule has 0 bridgehead atoms. The van der Waals surface area contributed by atoms with Crippen LogP contribution < -0.4 is 10.6 Å². The third-order valence-corrected chi connectivity index (χ3v) is 4.68. The number of hydrogen-bond acceptors (Lipinski definition) is 3. The van der Waals surface area contributed by atoms with Crippen molar-refractivity contribution in [3.63, 3.8) is 0 Å². The van der Waals surface area contributed by atoms with Gasteiger partial charge in [-0.1, -0.05) is 11.6 Å². The van der Waals surface area contributed by atoms with E-state index in [4.69, 9.17) is 16.0 Å². The van der Waals surface area contributed by atoms with Gasteiger partial charge in [0.15, 0.2) is 0 Å². The Morgan fingerprint density at radius 1 is 1.04 bits per heavy atom. The molecule has 0 aliphatic rings. The summed E-state index contributed by atoms with van der Waals surface area (Å²) in [5, 5.41) is 7.10. The largest absolute Gasteiger partial charge is 0.464 e. The highest BCUT2D eigenvalue weighted by molar-refractivity contribution is 6.30. The maximum atomic E-state index is 12.2. The number of carbonyl (C=O) groups excluding carboxylic acids is 2. The van der Waals surface area contributed by atoms with Crippen molar-refractivity contribution in [1.82, 2.24) is 5.32 Å². The van der Waals surface area contributed by atoms with Crippen LogP contribution in [0.3, 0.4) is 0 Å². The number of amides is 2. The SMILES string of the molecule is Cc1cc2occ(CC(=O)NCCC(=O)Nc3ccc(Cl)cc3)c2cc1C. The summed E-state index contributed by atoms with van der Waals surface area (Å²) in [7, 11) is 0. The number of furan rings is 1. The number of aryl methyl sites for hydroxylation is 2. The number of hydrogen-bond donors (Lipinski definition) is 2. The summed E-state index contributed by atoms with van der Waals surface area (Å²) in [6.07, 6.45) is 2.03. The van der Waals surface area contributed by atoms with Gasteiger partial charge in [0.2, 0.25) is 11.8 Å². The van der Waals surface area contributed by atoms with E-state index >= 15 is 0 Å². The molecule has 0 atom stereocenters. The summed E-state index contributed by atoms with van der Waals surface area (Å²) in [5.41, 5.74) is 4.61. The molecule has 6 heteroatoms. The predicted octanol–water partition coefficient (Wildman–Crippen LogP) is 4.39. The first-order chi connectivity index (χ1) is 12.9. The van der Waals surface area contributed by atoms with Gasteiger partial charge in [-0.05, 0) is 61.4 Å². The number of anilines is 1. The van der Waals surface area contributed by atoms with E-state index in [1.807, 2.05) is 26.0 Å². The lowest BCUT2D eigenvalue weighted by Crippen LogP contribution is -2.28. The molecule has 0 saturated heterocycles. The molecule has 2 aromatic carbocycles. The molecule has 3 rings (SSSR count). The Bertz CT molecular complexity index is 977. The van der Waals surface area contributed by atoms with Gasteiger partial charge in [0, 0.05) is 34.6 Å². The number of nitrogens with one attached hydrogen (secondary N) is 2. The molecule has 0 saturated carbocycles. The van der Waals surface area contributed by atoms with Crippen LogP contribution in [0.4, 0.5) is 5.69 Å². The maximum absolute atomic E-state index is 12.2. The molecule has 0 fully saturated rings. The Labute approximate surface area is 162 Å². The van der Waals surface area contributed by atoms with Crippen molar-refractivity contribution >= 4 is 40.1 Å². The Hall–Kier alpha value is -2.79. The maximum Gasteiger partial charge on any atom is 0.226 e. The fourth-order valence-electron chi connectivity index (χ4n) is 2.78. The number of benzene rings is 2. The first-order valence-electron chi connectivity index (χ1n) is 8.72. The molecule has 27 heavy (non-hydrogen) atoms. The molecule has 2 N–H and O–H groups in total. The predicted molar refractivity (Wildman–Crippen MR) is 107 cm³/mol. The molecule has 2 amide bonds. The zero-order valence-corrected chi connectivity index (χ0v) is 16.0. The van der Waals surface area contributed by atoms with Gasteiger partial charge in [-0.2, -0.15) is 0 Å². The second kappa shape index (κ2) is 8.27. The highest BCUT2D eigenvalue weighted by Crippen LogP contribution is 2.25. The van der Waals surface area contributed by atoms with Crippen LogP contribution in [0.25, 0.3) is 11.0 Å². The quantitative estimate of drug-likeness (QED) is 0.662. The van der Waals surface area contributed by atoms with E-state index in [2.05, 4.69) is 10.6 Å². The second-order valence-electron chi connectivity index (χ2n) is 6.53. The van der Waals surface area contributed by atoms with Crippen LogP contribution in [-0.4, -0.2) is 18.4 Å². The summed E-state index contributed by atoms with van der Waals surface area (Å²) in [5.74, 6) is -0.312. The van der Waals surface area contributed by atoms with E-state index in [0.717, 1.165) is 27.7 Å². The van der Waals surface area contributed by atoms with Crippen molar-refractivity contribution in [2.24, 2.45) is 0 Å². The summed E-state index contributed by atoms with van der Waals surface area (Å²) in [6, 6.07) is 10.9. The minimum Gasteiger partial charge on any atom is -0.464 e. The van der Waals surface area contributed by atoms with Crippen molar-refractivity contribution in [3.8, 4) is 0 Å². The topological polar surface area (TPSA) is 71.3 Å². The summed E-state index contributed by atoms with van der Waals surface area (Å²) in [4.78, 5) is 24.1. The van der Waals surface area contributed by atoms with E-state index < -0.39 is 0 Å². The first-order valence-corrected chi connectivity index (χ1v) is 9.09. The molecule has 140 valence electrons. The third kappa shape index (κ3) is 4.89. The van der Waals surface area contributed by atoms with Crippen LogP contribution in [0.15, 0.2) is 47.1 Å². The third-order valence-electron chi connectivity index (χ3n) is 4.42. The van der Waals surface area contributed by atoms with E-state index in [0.29, 0.717) is 10.7 Å². The monoisotopic (exact) mass is 384 g/mol. The Morgan fingerprint density at radius 3 is 2.48 bits per heavy atom. The fraction of sp³-hybridized carbons (Fsp3) is 0.238. The molecule has 0 aliphatic carbocycles. The van der Waals surface area contributed by atoms with E-state index in [1.54, 1.807) is 30.5 Å². The van der Waals surface area contributed by atoms with Crippen LogP contribution in [-0.2, 0) is 16.0 Å². The molecule has 5 nitrogen and oxygen atoms in total. The molecule has 0 radical (unpaired) electrons. The lowest BCUT2D eigenvalue weighted by molar-refractivity contribution is -0.120. The van der Waals surface area contributed by atoms with Gasteiger partial charge in [-0.25, -0.2) is 0 Å². The van der Waals surface area contributed by atoms with Crippen molar-refractivity contribution in [1.29, 1.82) is 0 Å². The van der Waals surface area contributed by atoms with Crippen LogP contribution in [0.1, 0.15) is 23.1 Å². The highest BCUT2D eigenvalue weighted by atomic mass is 35.5. The Balaban J connectivity index is 1.49. The van der Waals surface area contributed by atoms with Gasteiger partial charge in [0.1, 0.15) is 5.58 Å². The zero-order chi connectivity index (χ0) is 19.4. The average Bonchev–Trinajstić information content (AvgIpc) is 2.99. The molecule has 3 aromatic rings. The summed E-state index contributed by atoms with van der Waals surface area (Å²) in [6.45, 7) is 4.33. The van der Waals surface area contributed by atoms with Crippen LogP contribution >= 0.6 is 11.6 Å². The van der Waals surface area contributed by atoms with Crippen molar-refractivity contribution in [3.05, 3.63) is 64.4 Å². The van der Waals surface area contributed by atoms with Crippen LogP contribution in [0.5, 0.6) is 0 Å². The number of carbonyl (C=O) groups is 2. The van der Waals surface area contributed by atoms with Gasteiger partial charge in [0.05, 0.1) is 12.7 Å². The fourth-order valence-corrected chi connectivity index (χ4v) is 2.91. The molecule has 0 aliphatic heterocycles. The normalized spacial score (nSPS) is 10.8. The number of fused-ring (bicyclic) bond motifs is 1. The van der Waals surface area contributed by atoms with Gasteiger partial charge < -0.3 is 15.1 Å². The van der Waals surface area contributed by atoms with Crippen molar-refractivity contribution < 1.29 is 14.0 Å². The van der Waals surface area contributed by atoms with Crippen molar-refractivity contribution in [2.45, 2.75) is 26.7 Å². The van der Waals surface area contributed by atoms with Gasteiger partial charge in [-0.3, -0.25) is 9.59 Å². The Morgan fingerprint density at radius 2 is 1.74 bits per heavy atom. The first kappa shape index (κ1) is 19.0. The Kier molecular flexibility index (Phi) is 5.81. The van der Waals surface area contributed by atoms with Gasteiger partial charge in [-0.15, -0.1) is 0 Å². The van der Waals surface area contributed by atoms with E-state index in [-0.39, 0.29) is 31.2 Å². The van der Waals surface area contributed by atoms with Gasteiger partial charge in [0.25, 0.3) is 0 Å². The van der Waals surface area contributed by atoms with Crippen LogP contribution in [0, 0.1) is 13.8 Å². The standard InChI is InChI=1S/C21H21ClN2O3/c1-13-9-18-15(12-27-19(18)10-14(13)2)11-21(26)23-8-7-20(25)24-17-5-3-16(22)4-6-17/h3-6,9-10,12H,7-8,11H2,1-2H3,(H,23,26)(H,24,25). The van der Waals surface area contributed by atoms with Gasteiger partial charge >= 0.3 is 0 Å². The molecular formula is C21H21ClN2O3. The molecule has 0 spiro atoms. The minimum absolute atomic E-state index is 0.143. The van der Waals surface area contributed by atoms with E-state index in [1.165, 1.54) is 0 Å². The summed E-state index contributed by atoms with van der Waals surface area (Å²) >= 11 is 5.81. The number of halogens is 1. The minimum atomic E-state index is -0.169. The average molecular weight is 385 g/mol. The summed E-state index contributed by atoms with van der Waals surface area (Å²) < 4.78 is 5.55. The zero-order valence-electron chi connectivity index (χ0n) is 15.3. The number of rotatable bonds is 6.